The number of nitrogens with one attached hydrogen (secondary N) is 1. The molecule has 0 bridgehead atoms. The van der Waals surface area contributed by atoms with Gasteiger partial charge in [0.1, 0.15) is 11.9 Å². The number of carboxylic acids is 1. The van der Waals surface area contributed by atoms with E-state index in [1.807, 2.05) is 6.07 Å². The van der Waals surface area contributed by atoms with Crippen molar-refractivity contribution in [1.29, 1.82) is 5.26 Å². The van der Waals surface area contributed by atoms with E-state index in [-0.39, 0.29) is 6.42 Å². The molecule has 1 aromatic heterocycles. The third kappa shape index (κ3) is 5.70. The second-order valence-corrected chi connectivity index (χ2v) is 5.20. The van der Waals surface area contributed by atoms with Crippen LogP contribution in [0.25, 0.3) is 0 Å². The van der Waals surface area contributed by atoms with Crippen LogP contribution in [-0.2, 0) is 4.79 Å². The summed E-state index contributed by atoms with van der Waals surface area (Å²) < 4.78 is 0. The number of carbonyl (C=O) groups is 1. The first-order valence-electron chi connectivity index (χ1n) is 6.84. The Morgan fingerprint density at radius 2 is 2.20 bits per heavy atom. The van der Waals surface area contributed by atoms with Crippen molar-refractivity contribution in [3.05, 3.63) is 23.9 Å². The first kappa shape index (κ1) is 16.0. The van der Waals surface area contributed by atoms with Gasteiger partial charge in [-0.1, -0.05) is 13.8 Å². The van der Waals surface area contributed by atoms with E-state index < -0.39 is 5.97 Å². The van der Waals surface area contributed by atoms with Gasteiger partial charge in [-0.15, -0.1) is 0 Å². The molecule has 1 atom stereocenters. The number of hydrogen-bond donors (Lipinski definition) is 2. The quantitative estimate of drug-likeness (QED) is 0.761. The highest BCUT2D eigenvalue weighted by Crippen LogP contribution is 2.21. The summed E-state index contributed by atoms with van der Waals surface area (Å²) in [7, 11) is 0. The van der Waals surface area contributed by atoms with Crippen LogP contribution >= 0.6 is 0 Å². The monoisotopic (exact) mass is 275 g/mol. The maximum absolute atomic E-state index is 10.6. The van der Waals surface area contributed by atoms with Crippen LogP contribution in [0.1, 0.15) is 38.7 Å². The van der Waals surface area contributed by atoms with Crippen molar-refractivity contribution in [2.75, 3.05) is 11.9 Å². The van der Waals surface area contributed by atoms with E-state index in [1.165, 1.54) is 6.20 Å². The van der Waals surface area contributed by atoms with E-state index in [4.69, 9.17) is 10.4 Å². The van der Waals surface area contributed by atoms with Gasteiger partial charge in [0.05, 0.1) is 5.56 Å². The first-order chi connectivity index (χ1) is 9.52. The van der Waals surface area contributed by atoms with Crippen LogP contribution in [0.3, 0.4) is 0 Å². The minimum Gasteiger partial charge on any atom is -0.481 e. The molecule has 0 spiro atoms. The van der Waals surface area contributed by atoms with Crippen LogP contribution in [-0.4, -0.2) is 22.6 Å². The molecule has 1 heterocycles. The second kappa shape index (κ2) is 8.16. The van der Waals surface area contributed by atoms with Crippen LogP contribution in [0.4, 0.5) is 5.82 Å². The molecular formula is C15H21N3O2. The molecule has 0 saturated heterocycles. The van der Waals surface area contributed by atoms with Gasteiger partial charge in [0, 0.05) is 19.2 Å². The van der Waals surface area contributed by atoms with Crippen LogP contribution in [0.5, 0.6) is 0 Å². The molecule has 20 heavy (non-hydrogen) atoms. The molecule has 108 valence electrons. The first-order valence-corrected chi connectivity index (χ1v) is 6.84. The normalized spacial score (nSPS) is 11.9. The highest BCUT2D eigenvalue weighted by Gasteiger charge is 2.14. The van der Waals surface area contributed by atoms with Crippen LogP contribution < -0.4 is 5.32 Å². The fraction of sp³-hybridized carbons (Fsp3) is 0.533. The third-order valence-corrected chi connectivity index (χ3v) is 3.39. The molecule has 1 aromatic rings. The average molecular weight is 275 g/mol. The van der Waals surface area contributed by atoms with Crippen molar-refractivity contribution < 1.29 is 9.90 Å². The molecule has 0 aromatic carbocycles. The van der Waals surface area contributed by atoms with Crippen molar-refractivity contribution in [2.45, 2.75) is 33.1 Å². The molecular weight excluding hydrogens is 254 g/mol. The highest BCUT2D eigenvalue weighted by atomic mass is 16.4. The largest absolute Gasteiger partial charge is 0.481 e. The summed E-state index contributed by atoms with van der Waals surface area (Å²) in [5.74, 6) is 0.851. The Bertz CT molecular complexity index is 463. The Labute approximate surface area is 119 Å². The lowest BCUT2D eigenvalue weighted by molar-refractivity contribution is -0.137. The summed E-state index contributed by atoms with van der Waals surface area (Å²) in [5, 5.41) is 20.6. The minimum atomic E-state index is -0.739. The molecule has 0 saturated carbocycles. The second-order valence-electron chi connectivity index (χ2n) is 5.20. The summed E-state index contributed by atoms with van der Waals surface area (Å²) in [5.41, 5.74) is 0.539. The van der Waals surface area contributed by atoms with Gasteiger partial charge in [0.25, 0.3) is 0 Å². The van der Waals surface area contributed by atoms with Gasteiger partial charge in [-0.3, -0.25) is 4.79 Å². The SMILES string of the molecule is CC(C)C(CCNc1ccc(C#N)cn1)CCC(=O)O. The molecule has 0 radical (unpaired) electrons. The maximum Gasteiger partial charge on any atom is 0.303 e. The summed E-state index contributed by atoms with van der Waals surface area (Å²) in [6.07, 6.45) is 3.37. The van der Waals surface area contributed by atoms with Gasteiger partial charge in [-0.2, -0.15) is 5.26 Å². The van der Waals surface area contributed by atoms with Crippen molar-refractivity contribution >= 4 is 11.8 Å². The van der Waals surface area contributed by atoms with E-state index in [2.05, 4.69) is 24.1 Å². The minimum absolute atomic E-state index is 0.220. The topological polar surface area (TPSA) is 86.0 Å². The lowest BCUT2D eigenvalue weighted by Crippen LogP contribution is -2.16. The molecule has 0 aliphatic carbocycles. The Kier molecular flexibility index (Phi) is 6.51. The zero-order valence-corrected chi connectivity index (χ0v) is 12.0. The Morgan fingerprint density at radius 1 is 1.45 bits per heavy atom. The van der Waals surface area contributed by atoms with Gasteiger partial charge >= 0.3 is 5.97 Å². The van der Waals surface area contributed by atoms with Crippen LogP contribution in [0.15, 0.2) is 18.3 Å². The smallest absolute Gasteiger partial charge is 0.303 e. The Balaban J connectivity index is 2.39. The number of rotatable bonds is 8. The molecule has 0 fully saturated rings. The number of aromatic nitrogens is 1. The standard InChI is InChI=1S/C15H21N3O2/c1-11(2)13(4-6-15(19)20)7-8-17-14-5-3-12(9-16)10-18-14/h3,5,10-11,13H,4,6-8H2,1-2H3,(H,17,18)(H,19,20). The van der Waals surface area contributed by atoms with E-state index in [1.54, 1.807) is 12.1 Å². The van der Waals surface area contributed by atoms with Gasteiger partial charge < -0.3 is 10.4 Å². The molecule has 0 aliphatic rings. The molecule has 2 N–H and O–H groups in total. The molecule has 5 nitrogen and oxygen atoms in total. The van der Waals surface area contributed by atoms with E-state index in [0.717, 1.165) is 18.8 Å². The molecule has 0 aliphatic heterocycles. The molecule has 0 amide bonds. The third-order valence-electron chi connectivity index (χ3n) is 3.39. The predicted molar refractivity (Wildman–Crippen MR) is 77.3 cm³/mol. The summed E-state index contributed by atoms with van der Waals surface area (Å²) in [6, 6.07) is 5.52. The van der Waals surface area contributed by atoms with Crippen molar-refractivity contribution in [2.24, 2.45) is 11.8 Å². The number of nitriles is 1. The zero-order valence-electron chi connectivity index (χ0n) is 12.0. The van der Waals surface area contributed by atoms with Crippen molar-refractivity contribution in [1.82, 2.24) is 4.98 Å². The maximum atomic E-state index is 10.6. The number of nitrogens with zero attached hydrogens (tertiary/aromatic N) is 2. The Morgan fingerprint density at radius 3 is 2.70 bits per heavy atom. The summed E-state index contributed by atoms with van der Waals surface area (Å²) in [4.78, 5) is 14.8. The molecule has 1 unspecified atom stereocenters. The van der Waals surface area contributed by atoms with Crippen molar-refractivity contribution in [3.63, 3.8) is 0 Å². The predicted octanol–water partition coefficient (Wildman–Crippen LogP) is 2.89. The number of pyridine rings is 1. The molecule has 5 heteroatoms. The zero-order chi connectivity index (χ0) is 15.0. The average Bonchev–Trinajstić information content (AvgIpc) is 2.42. The van der Waals surface area contributed by atoms with Crippen LogP contribution in [0.2, 0.25) is 0 Å². The number of aliphatic carboxylic acids is 1. The van der Waals surface area contributed by atoms with Gasteiger partial charge in [0.15, 0.2) is 0 Å². The molecule has 1 rings (SSSR count). The van der Waals surface area contributed by atoms with E-state index in [0.29, 0.717) is 23.8 Å². The number of anilines is 1. The van der Waals surface area contributed by atoms with Gasteiger partial charge in [-0.25, -0.2) is 4.98 Å². The van der Waals surface area contributed by atoms with E-state index in [9.17, 15) is 4.79 Å². The summed E-state index contributed by atoms with van der Waals surface area (Å²) in [6.45, 7) is 4.99. The lowest BCUT2D eigenvalue weighted by atomic mass is 9.88. The Hall–Kier alpha value is -2.09. The van der Waals surface area contributed by atoms with Gasteiger partial charge in [-0.05, 0) is 36.8 Å². The van der Waals surface area contributed by atoms with Crippen molar-refractivity contribution in [3.8, 4) is 6.07 Å². The number of hydrogen-bond acceptors (Lipinski definition) is 4. The van der Waals surface area contributed by atoms with E-state index >= 15 is 0 Å². The lowest BCUT2D eigenvalue weighted by Gasteiger charge is -2.20. The summed E-state index contributed by atoms with van der Waals surface area (Å²) >= 11 is 0. The highest BCUT2D eigenvalue weighted by molar-refractivity contribution is 5.66. The fourth-order valence-corrected chi connectivity index (χ4v) is 2.07. The van der Waals surface area contributed by atoms with Crippen LogP contribution in [0, 0.1) is 23.2 Å². The van der Waals surface area contributed by atoms with Gasteiger partial charge in [0.2, 0.25) is 0 Å². The fourth-order valence-electron chi connectivity index (χ4n) is 2.07. The number of carboxylic acid groups (broad SMARTS) is 1.